The molecule has 150 valence electrons. The minimum atomic E-state index is -0.805. The second kappa shape index (κ2) is 9.35. The molecule has 0 aliphatic carbocycles. The smallest absolute Gasteiger partial charge is 0.349 e. The number of nitriles is 1. The molecule has 1 fully saturated rings. The van der Waals surface area contributed by atoms with Crippen LogP contribution < -0.4 is 0 Å². The van der Waals surface area contributed by atoms with Gasteiger partial charge in [-0.25, -0.2) is 4.79 Å². The summed E-state index contributed by atoms with van der Waals surface area (Å²) in [5.41, 5.74) is 3.10. The van der Waals surface area contributed by atoms with Gasteiger partial charge in [0.1, 0.15) is 11.6 Å². The highest BCUT2D eigenvalue weighted by atomic mass is 16.5. The number of ketones is 1. The lowest BCUT2D eigenvalue weighted by Crippen LogP contribution is -2.17. The SMILES string of the molecule is Cc1cc(/C=C(\C#N)C(=O)OCC(=O)c2ccccc2)c(C)n1C[C@H]1CCCO1. The summed E-state index contributed by atoms with van der Waals surface area (Å²) in [4.78, 5) is 24.4. The van der Waals surface area contributed by atoms with Gasteiger partial charge in [-0.2, -0.15) is 5.26 Å². The lowest BCUT2D eigenvalue weighted by atomic mass is 10.1. The molecule has 2 aromatic rings. The van der Waals surface area contributed by atoms with Gasteiger partial charge in [0, 0.05) is 30.1 Å². The number of benzene rings is 1. The number of hydrogen-bond acceptors (Lipinski definition) is 5. The minimum absolute atomic E-state index is 0.136. The van der Waals surface area contributed by atoms with E-state index in [2.05, 4.69) is 4.57 Å². The molecular formula is C23H24N2O4. The van der Waals surface area contributed by atoms with Gasteiger partial charge in [-0.05, 0) is 44.4 Å². The molecule has 0 spiro atoms. The maximum Gasteiger partial charge on any atom is 0.349 e. The third kappa shape index (κ3) is 5.01. The van der Waals surface area contributed by atoms with Crippen molar-refractivity contribution in [1.82, 2.24) is 4.57 Å². The van der Waals surface area contributed by atoms with E-state index < -0.39 is 12.6 Å². The van der Waals surface area contributed by atoms with Crippen LogP contribution in [-0.2, 0) is 20.8 Å². The predicted molar refractivity (Wildman–Crippen MR) is 108 cm³/mol. The molecule has 0 N–H and O–H groups in total. The molecule has 3 rings (SSSR count). The summed E-state index contributed by atoms with van der Waals surface area (Å²) in [5, 5.41) is 9.41. The van der Waals surface area contributed by atoms with Gasteiger partial charge in [0.2, 0.25) is 0 Å². The molecule has 1 aliphatic rings. The highest BCUT2D eigenvalue weighted by Gasteiger charge is 2.20. The first-order chi connectivity index (χ1) is 14.0. The van der Waals surface area contributed by atoms with Gasteiger partial charge in [-0.3, -0.25) is 4.79 Å². The second-order valence-corrected chi connectivity index (χ2v) is 7.11. The van der Waals surface area contributed by atoms with Crippen LogP contribution >= 0.6 is 0 Å². The van der Waals surface area contributed by atoms with E-state index in [1.165, 1.54) is 6.08 Å². The van der Waals surface area contributed by atoms with Crippen molar-refractivity contribution in [2.75, 3.05) is 13.2 Å². The highest BCUT2D eigenvalue weighted by Crippen LogP contribution is 2.22. The van der Waals surface area contributed by atoms with Gasteiger partial charge < -0.3 is 14.0 Å². The molecule has 6 heteroatoms. The number of aromatic nitrogens is 1. The van der Waals surface area contributed by atoms with Gasteiger partial charge in [0.25, 0.3) is 0 Å². The first-order valence-corrected chi connectivity index (χ1v) is 9.65. The first kappa shape index (κ1) is 20.6. The maximum absolute atomic E-state index is 12.3. The Bertz CT molecular complexity index is 961. The summed E-state index contributed by atoms with van der Waals surface area (Å²) < 4.78 is 12.9. The Morgan fingerprint density at radius 3 is 2.72 bits per heavy atom. The molecule has 0 bridgehead atoms. The van der Waals surface area contributed by atoms with Gasteiger partial charge in [0.15, 0.2) is 12.4 Å². The molecule has 1 saturated heterocycles. The van der Waals surface area contributed by atoms with Gasteiger partial charge in [-0.1, -0.05) is 30.3 Å². The van der Waals surface area contributed by atoms with E-state index in [4.69, 9.17) is 9.47 Å². The molecule has 1 aliphatic heterocycles. The second-order valence-electron chi connectivity index (χ2n) is 7.11. The number of Topliss-reactive ketones (excluding diaryl/α,β-unsaturated/α-hetero) is 1. The van der Waals surface area contributed by atoms with Crippen LogP contribution in [-0.4, -0.2) is 35.6 Å². The third-order valence-corrected chi connectivity index (χ3v) is 5.09. The summed E-state index contributed by atoms with van der Waals surface area (Å²) in [7, 11) is 0. The number of rotatable bonds is 7. The number of ether oxygens (including phenoxy) is 2. The van der Waals surface area contributed by atoms with Crippen LogP contribution in [0.15, 0.2) is 42.0 Å². The van der Waals surface area contributed by atoms with E-state index >= 15 is 0 Å². The number of nitrogens with zero attached hydrogens (tertiary/aromatic N) is 2. The van der Waals surface area contributed by atoms with Crippen molar-refractivity contribution < 1.29 is 19.1 Å². The zero-order valence-electron chi connectivity index (χ0n) is 16.7. The Hall–Kier alpha value is -3.17. The van der Waals surface area contributed by atoms with Gasteiger partial charge in [-0.15, -0.1) is 0 Å². The van der Waals surface area contributed by atoms with Crippen LogP contribution in [0.5, 0.6) is 0 Å². The molecule has 6 nitrogen and oxygen atoms in total. The molecule has 1 aromatic carbocycles. The minimum Gasteiger partial charge on any atom is -0.453 e. The molecular weight excluding hydrogens is 368 g/mol. The van der Waals surface area contributed by atoms with E-state index in [0.29, 0.717) is 5.56 Å². The number of carbonyl (C=O) groups is 2. The van der Waals surface area contributed by atoms with Crippen LogP contribution in [0.1, 0.15) is 40.2 Å². The van der Waals surface area contributed by atoms with Crippen molar-refractivity contribution >= 4 is 17.8 Å². The van der Waals surface area contributed by atoms with Gasteiger partial charge in [0.05, 0.1) is 6.10 Å². The van der Waals surface area contributed by atoms with Gasteiger partial charge >= 0.3 is 5.97 Å². The van der Waals surface area contributed by atoms with Crippen LogP contribution in [0.25, 0.3) is 6.08 Å². The fraction of sp³-hybridized carbons (Fsp3) is 0.348. The Morgan fingerprint density at radius 2 is 2.07 bits per heavy atom. The molecule has 0 radical (unpaired) electrons. The average Bonchev–Trinajstić information content (AvgIpc) is 3.34. The number of carbonyl (C=O) groups excluding carboxylic acids is 2. The maximum atomic E-state index is 12.3. The summed E-state index contributed by atoms with van der Waals surface area (Å²) in [6, 6.07) is 12.4. The fourth-order valence-electron chi connectivity index (χ4n) is 3.46. The normalized spacial score (nSPS) is 16.4. The molecule has 0 unspecified atom stereocenters. The molecule has 1 atom stereocenters. The van der Waals surface area contributed by atoms with Crippen molar-refractivity contribution in [3.05, 3.63) is 64.5 Å². The van der Waals surface area contributed by atoms with Crippen molar-refractivity contribution in [3.8, 4) is 6.07 Å². The van der Waals surface area contributed by atoms with Crippen molar-refractivity contribution in [2.45, 2.75) is 39.3 Å². The number of hydrogen-bond donors (Lipinski definition) is 0. The lowest BCUT2D eigenvalue weighted by molar-refractivity contribution is -0.137. The zero-order valence-corrected chi connectivity index (χ0v) is 16.7. The first-order valence-electron chi connectivity index (χ1n) is 9.65. The van der Waals surface area contributed by atoms with E-state index in [1.54, 1.807) is 30.3 Å². The predicted octanol–water partition coefficient (Wildman–Crippen LogP) is 3.62. The fourth-order valence-corrected chi connectivity index (χ4v) is 3.46. The monoisotopic (exact) mass is 392 g/mol. The molecule has 2 heterocycles. The number of esters is 1. The summed E-state index contributed by atoms with van der Waals surface area (Å²) in [5.74, 6) is -1.12. The molecule has 1 aromatic heterocycles. The van der Waals surface area contributed by atoms with Crippen molar-refractivity contribution in [3.63, 3.8) is 0 Å². The average molecular weight is 392 g/mol. The van der Waals surface area contributed by atoms with Crippen LogP contribution in [0.2, 0.25) is 0 Å². The molecule has 29 heavy (non-hydrogen) atoms. The largest absolute Gasteiger partial charge is 0.453 e. The van der Waals surface area contributed by atoms with Crippen LogP contribution in [0.4, 0.5) is 0 Å². The summed E-state index contributed by atoms with van der Waals surface area (Å²) >= 11 is 0. The zero-order chi connectivity index (χ0) is 20.8. The van der Waals surface area contributed by atoms with E-state index in [1.807, 2.05) is 26.0 Å². The summed E-state index contributed by atoms with van der Waals surface area (Å²) in [6.45, 7) is 5.08. The Morgan fingerprint density at radius 1 is 1.31 bits per heavy atom. The standard InChI is InChI=1S/C23H24N2O4/c1-16-11-19(17(2)25(16)14-21-9-6-10-28-21)12-20(13-24)23(27)29-15-22(26)18-7-4-3-5-8-18/h3-5,7-8,11-12,21H,6,9-10,14-15H2,1-2H3/b20-12+/t21-/m1/s1. The Balaban J connectivity index is 1.69. The summed E-state index contributed by atoms with van der Waals surface area (Å²) in [6.07, 6.45) is 3.82. The Kier molecular flexibility index (Phi) is 6.63. The van der Waals surface area contributed by atoms with E-state index in [9.17, 15) is 14.9 Å². The number of aryl methyl sites for hydroxylation is 1. The molecule has 0 amide bonds. The lowest BCUT2D eigenvalue weighted by Gasteiger charge is -2.14. The van der Waals surface area contributed by atoms with E-state index in [-0.39, 0.29) is 17.5 Å². The van der Waals surface area contributed by atoms with Crippen molar-refractivity contribution in [2.24, 2.45) is 0 Å². The third-order valence-electron chi connectivity index (χ3n) is 5.09. The van der Waals surface area contributed by atoms with Crippen LogP contribution in [0, 0.1) is 25.2 Å². The Labute approximate surface area is 170 Å². The van der Waals surface area contributed by atoms with Crippen molar-refractivity contribution in [1.29, 1.82) is 5.26 Å². The quantitative estimate of drug-likeness (QED) is 0.311. The topological polar surface area (TPSA) is 81.3 Å². The highest BCUT2D eigenvalue weighted by molar-refractivity contribution is 6.01. The van der Waals surface area contributed by atoms with Crippen LogP contribution in [0.3, 0.4) is 0 Å². The van der Waals surface area contributed by atoms with E-state index in [0.717, 1.165) is 42.9 Å². The molecule has 0 saturated carbocycles.